The van der Waals surface area contributed by atoms with Crippen LogP contribution in [-0.4, -0.2) is 77.1 Å². The summed E-state index contributed by atoms with van der Waals surface area (Å²) in [6.45, 7) is 7.12. The van der Waals surface area contributed by atoms with E-state index in [0.29, 0.717) is 12.2 Å². The molecule has 3 aromatic carbocycles. The van der Waals surface area contributed by atoms with Crippen molar-refractivity contribution in [1.29, 1.82) is 0 Å². The van der Waals surface area contributed by atoms with E-state index in [1.54, 1.807) is 18.2 Å². The van der Waals surface area contributed by atoms with Crippen LogP contribution in [-0.2, 0) is 17.9 Å². The molecule has 2 aliphatic heterocycles. The number of ether oxygens (including phenoxy) is 2. The van der Waals surface area contributed by atoms with Crippen LogP contribution >= 0.6 is 0 Å². The lowest BCUT2D eigenvalue weighted by molar-refractivity contribution is -0.192. The number of hydrogen-bond acceptors (Lipinski definition) is 6. The second-order valence-corrected chi connectivity index (χ2v) is 9.89. The van der Waals surface area contributed by atoms with Crippen LogP contribution in [0.4, 0.5) is 18.9 Å². The first-order valence-electron chi connectivity index (χ1n) is 13.3. The van der Waals surface area contributed by atoms with Gasteiger partial charge in [0.15, 0.2) is 17.5 Å². The number of halogens is 3. The number of piperazine rings is 1. The van der Waals surface area contributed by atoms with E-state index in [-0.39, 0.29) is 12.4 Å². The summed E-state index contributed by atoms with van der Waals surface area (Å²) in [4.78, 5) is 29.9. The van der Waals surface area contributed by atoms with Gasteiger partial charge in [0.05, 0.1) is 12.1 Å². The molecule has 228 valence electrons. The molecule has 1 saturated heterocycles. The molecule has 0 unspecified atom stereocenters. The first kappa shape index (κ1) is 31.2. The Morgan fingerprint density at radius 2 is 1.56 bits per heavy atom. The molecule has 10 nitrogen and oxygen atoms in total. The first-order chi connectivity index (χ1) is 20.5. The van der Waals surface area contributed by atoms with Gasteiger partial charge in [-0.3, -0.25) is 4.90 Å². The summed E-state index contributed by atoms with van der Waals surface area (Å²) >= 11 is 0. The first-order valence-corrected chi connectivity index (χ1v) is 13.3. The number of hydrogen-bond donors (Lipinski definition) is 3. The van der Waals surface area contributed by atoms with Crippen molar-refractivity contribution in [2.45, 2.75) is 26.2 Å². The zero-order chi connectivity index (χ0) is 31.0. The summed E-state index contributed by atoms with van der Waals surface area (Å²) in [7, 11) is 0. The van der Waals surface area contributed by atoms with E-state index in [4.69, 9.17) is 24.4 Å². The van der Waals surface area contributed by atoms with E-state index in [1.807, 2.05) is 12.1 Å². The minimum atomic E-state index is -5.08. The molecule has 5 rings (SSSR count). The number of carboxylic acid groups (broad SMARTS) is 2. The number of carboxylic acids is 2. The number of aliphatic carboxylic acids is 1. The Labute approximate surface area is 246 Å². The number of benzene rings is 3. The van der Waals surface area contributed by atoms with Gasteiger partial charge in [-0.2, -0.15) is 13.2 Å². The Hall–Kier alpha value is -4.78. The number of fused-ring (bicyclic) bond motifs is 1. The van der Waals surface area contributed by atoms with Gasteiger partial charge >= 0.3 is 18.1 Å². The fourth-order valence-electron chi connectivity index (χ4n) is 4.35. The summed E-state index contributed by atoms with van der Waals surface area (Å²) in [6, 6.07) is 21.3. The number of alkyl halides is 3. The lowest BCUT2D eigenvalue weighted by atomic mass is 10.1. The fraction of sp³-hybridized carbons (Fsp3) is 0.300. The highest BCUT2D eigenvalue weighted by Gasteiger charge is 2.38. The summed E-state index contributed by atoms with van der Waals surface area (Å²) in [5, 5.41) is 19.9. The molecule has 43 heavy (non-hydrogen) atoms. The maximum absolute atomic E-state index is 11.4. The standard InChI is InChI=1S/C28H30N4O4.C2HF3O2/c1-20-5-7-21(8-6-20)17-29-28(30-24-4-2-3-23(16-24)27(33)34)32-13-11-31(12-14-32)18-22-9-10-25-26(15-22)36-19-35-25;3-2(4,5)1(6)7/h2-10,15-16H,11-14,17-19H2,1H3,(H,29,30)(H,33,34);(H,6,7). The van der Waals surface area contributed by atoms with Crippen LogP contribution in [0.5, 0.6) is 11.5 Å². The topological polar surface area (TPSA) is 124 Å². The zero-order valence-corrected chi connectivity index (χ0v) is 23.3. The predicted octanol–water partition coefficient (Wildman–Crippen LogP) is 4.84. The van der Waals surface area contributed by atoms with Gasteiger partial charge in [-0.25, -0.2) is 14.6 Å². The lowest BCUT2D eigenvalue weighted by Gasteiger charge is -2.36. The molecule has 2 aliphatic rings. The largest absolute Gasteiger partial charge is 0.490 e. The smallest absolute Gasteiger partial charge is 0.478 e. The van der Waals surface area contributed by atoms with Crippen LogP contribution in [0.25, 0.3) is 0 Å². The molecule has 0 aliphatic carbocycles. The van der Waals surface area contributed by atoms with Crippen molar-refractivity contribution in [3.05, 3.63) is 89.0 Å². The molecular weight excluding hydrogens is 569 g/mol. The molecule has 0 bridgehead atoms. The highest BCUT2D eigenvalue weighted by Crippen LogP contribution is 2.33. The number of rotatable bonds is 6. The summed E-state index contributed by atoms with van der Waals surface area (Å²) < 4.78 is 42.7. The Bertz CT molecular complexity index is 1450. The third-order valence-electron chi connectivity index (χ3n) is 6.66. The lowest BCUT2D eigenvalue weighted by Crippen LogP contribution is -2.50. The second kappa shape index (κ2) is 13.9. The van der Waals surface area contributed by atoms with Crippen LogP contribution in [0, 0.1) is 6.92 Å². The molecule has 0 spiro atoms. The Morgan fingerprint density at radius 1 is 0.907 bits per heavy atom. The van der Waals surface area contributed by atoms with Gasteiger partial charge in [-0.05, 0) is 48.4 Å². The van der Waals surface area contributed by atoms with Crippen molar-refractivity contribution in [2.75, 3.05) is 38.3 Å². The zero-order valence-electron chi connectivity index (χ0n) is 23.3. The molecule has 3 N–H and O–H groups in total. The quantitative estimate of drug-likeness (QED) is 0.269. The monoisotopic (exact) mass is 600 g/mol. The summed E-state index contributed by atoms with van der Waals surface area (Å²) in [5.74, 6) is -1.34. The molecule has 0 aromatic heterocycles. The molecule has 0 atom stereocenters. The minimum Gasteiger partial charge on any atom is -0.478 e. The van der Waals surface area contributed by atoms with Gasteiger partial charge in [-0.1, -0.05) is 42.0 Å². The molecule has 3 aromatic rings. The summed E-state index contributed by atoms with van der Waals surface area (Å²) in [5.41, 5.74) is 4.49. The maximum atomic E-state index is 11.4. The van der Waals surface area contributed by atoms with Crippen LogP contribution in [0.3, 0.4) is 0 Å². The predicted molar refractivity (Wildman–Crippen MR) is 152 cm³/mol. The van der Waals surface area contributed by atoms with Gasteiger partial charge in [0.25, 0.3) is 0 Å². The number of guanidine groups is 1. The Morgan fingerprint density at radius 3 is 2.21 bits per heavy atom. The third-order valence-corrected chi connectivity index (χ3v) is 6.66. The molecular formula is C30H31F3N4O6. The number of aryl methyl sites for hydroxylation is 1. The van der Waals surface area contributed by atoms with Gasteiger partial charge < -0.3 is 29.9 Å². The van der Waals surface area contributed by atoms with Crippen molar-refractivity contribution in [2.24, 2.45) is 4.99 Å². The van der Waals surface area contributed by atoms with E-state index in [1.165, 1.54) is 11.1 Å². The molecule has 0 radical (unpaired) electrons. The highest BCUT2D eigenvalue weighted by molar-refractivity contribution is 5.95. The van der Waals surface area contributed by atoms with Gasteiger partial charge in [0, 0.05) is 38.4 Å². The van der Waals surface area contributed by atoms with E-state index in [2.05, 4.69) is 58.4 Å². The van der Waals surface area contributed by atoms with Crippen molar-refractivity contribution in [3.63, 3.8) is 0 Å². The SMILES string of the molecule is Cc1ccc(CN=C(Nc2cccc(C(=O)O)c2)N2CCN(Cc3ccc4c(c3)OCO4)CC2)cc1.O=C(O)C(F)(F)F. The maximum Gasteiger partial charge on any atom is 0.490 e. The second-order valence-electron chi connectivity index (χ2n) is 9.89. The van der Waals surface area contributed by atoms with E-state index >= 15 is 0 Å². The molecule has 13 heteroatoms. The molecule has 0 saturated carbocycles. The van der Waals surface area contributed by atoms with Crippen molar-refractivity contribution in [1.82, 2.24) is 9.80 Å². The van der Waals surface area contributed by atoms with Crippen molar-refractivity contribution in [3.8, 4) is 11.5 Å². The number of aliphatic imine (C=N–C) groups is 1. The average Bonchev–Trinajstić information content (AvgIpc) is 3.45. The van der Waals surface area contributed by atoms with Gasteiger partial charge in [-0.15, -0.1) is 0 Å². The van der Waals surface area contributed by atoms with E-state index in [0.717, 1.165) is 55.7 Å². The van der Waals surface area contributed by atoms with Crippen LogP contribution in [0.15, 0.2) is 71.7 Å². The van der Waals surface area contributed by atoms with Crippen LogP contribution in [0.2, 0.25) is 0 Å². The fourth-order valence-corrected chi connectivity index (χ4v) is 4.35. The number of nitrogens with zero attached hydrogens (tertiary/aromatic N) is 3. The van der Waals surface area contributed by atoms with Crippen LogP contribution in [0.1, 0.15) is 27.0 Å². The Kier molecular flexibility index (Phi) is 10.1. The van der Waals surface area contributed by atoms with Crippen LogP contribution < -0.4 is 14.8 Å². The van der Waals surface area contributed by atoms with E-state index < -0.39 is 18.1 Å². The summed E-state index contributed by atoms with van der Waals surface area (Å²) in [6.07, 6.45) is -5.08. The van der Waals surface area contributed by atoms with Gasteiger partial charge in [0.1, 0.15) is 0 Å². The third kappa shape index (κ3) is 9.10. The molecule has 0 amide bonds. The molecule has 1 fully saturated rings. The minimum absolute atomic E-state index is 0.242. The van der Waals surface area contributed by atoms with Crippen molar-refractivity contribution < 1.29 is 42.4 Å². The number of anilines is 1. The highest BCUT2D eigenvalue weighted by atomic mass is 19.4. The van der Waals surface area contributed by atoms with Crippen molar-refractivity contribution >= 4 is 23.6 Å². The Balaban J connectivity index is 0.000000541. The normalized spacial score (nSPS) is 15.0. The number of carbonyl (C=O) groups is 2. The van der Waals surface area contributed by atoms with E-state index in [9.17, 15) is 23.1 Å². The average molecular weight is 601 g/mol. The number of nitrogens with one attached hydrogen (secondary N) is 1. The molecule has 2 heterocycles. The number of aromatic carboxylic acids is 1. The van der Waals surface area contributed by atoms with Gasteiger partial charge in [0.2, 0.25) is 6.79 Å².